The van der Waals surface area contributed by atoms with Crippen LogP contribution in [0.2, 0.25) is 0 Å². The number of halogens is 1. The molecule has 1 aromatic carbocycles. The molecule has 1 heterocycles. The SMILES string of the molecule is CC(C)(c1ccccc1)C(O)c1cncc(F)c1. The van der Waals surface area contributed by atoms with E-state index in [0.29, 0.717) is 5.56 Å². The van der Waals surface area contributed by atoms with E-state index in [-0.39, 0.29) is 0 Å². The molecule has 0 aliphatic heterocycles. The van der Waals surface area contributed by atoms with Crippen LogP contribution in [0.3, 0.4) is 0 Å². The molecule has 0 amide bonds. The minimum Gasteiger partial charge on any atom is -0.387 e. The summed E-state index contributed by atoms with van der Waals surface area (Å²) >= 11 is 0. The molecular weight excluding hydrogens is 229 g/mol. The predicted molar refractivity (Wildman–Crippen MR) is 68.6 cm³/mol. The summed E-state index contributed by atoms with van der Waals surface area (Å²) in [5, 5.41) is 10.4. The van der Waals surface area contributed by atoms with Gasteiger partial charge in [0.25, 0.3) is 0 Å². The van der Waals surface area contributed by atoms with E-state index < -0.39 is 17.3 Å². The zero-order valence-electron chi connectivity index (χ0n) is 10.5. The smallest absolute Gasteiger partial charge is 0.141 e. The Balaban J connectivity index is 2.36. The average Bonchev–Trinajstić information content (AvgIpc) is 2.39. The first-order valence-corrected chi connectivity index (χ1v) is 5.86. The number of aliphatic hydroxyl groups is 1. The van der Waals surface area contributed by atoms with Gasteiger partial charge in [0.1, 0.15) is 5.82 Å². The van der Waals surface area contributed by atoms with E-state index in [0.717, 1.165) is 11.8 Å². The van der Waals surface area contributed by atoms with Crippen LogP contribution in [-0.4, -0.2) is 10.1 Å². The summed E-state index contributed by atoms with van der Waals surface area (Å²) in [6, 6.07) is 11.0. The highest BCUT2D eigenvalue weighted by molar-refractivity contribution is 5.29. The number of aliphatic hydroxyl groups excluding tert-OH is 1. The van der Waals surface area contributed by atoms with E-state index >= 15 is 0 Å². The largest absolute Gasteiger partial charge is 0.387 e. The van der Waals surface area contributed by atoms with Crippen LogP contribution in [0.15, 0.2) is 48.8 Å². The van der Waals surface area contributed by atoms with E-state index in [4.69, 9.17) is 0 Å². The first-order chi connectivity index (χ1) is 8.51. The molecule has 1 atom stereocenters. The molecule has 1 N–H and O–H groups in total. The number of nitrogens with zero attached hydrogens (tertiary/aromatic N) is 1. The Morgan fingerprint density at radius 3 is 2.44 bits per heavy atom. The fourth-order valence-corrected chi connectivity index (χ4v) is 2.02. The molecule has 2 rings (SSSR count). The molecule has 1 unspecified atom stereocenters. The lowest BCUT2D eigenvalue weighted by molar-refractivity contribution is 0.0996. The Kier molecular flexibility index (Phi) is 3.43. The number of hydrogen-bond acceptors (Lipinski definition) is 2. The lowest BCUT2D eigenvalue weighted by Gasteiger charge is -2.31. The molecular formula is C15H16FNO. The molecule has 0 saturated heterocycles. The van der Waals surface area contributed by atoms with Crippen LogP contribution in [0, 0.1) is 5.82 Å². The van der Waals surface area contributed by atoms with Crippen molar-refractivity contribution in [2.45, 2.75) is 25.4 Å². The molecule has 2 aromatic rings. The van der Waals surface area contributed by atoms with Crippen LogP contribution < -0.4 is 0 Å². The Labute approximate surface area is 106 Å². The molecule has 0 saturated carbocycles. The third-order valence-corrected chi connectivity index (χ3v) is 3.24. The molecule has 0 bridgehead atoms. The number of benzene rings is 1. The Morgan fingerprint density at radius 2 is 1.83 bits per heavy atom. The summed E-state index contributed by atoms with van der Waals surface area (Å²) in [5.74, 6) is -0.435. The minimum absolute atomic E-state index is 0.435. The van der Waals surface area contributed by atoms with Crippen LogP contribution in [0.4, 0.5) is 4.39 Å². The standard InChI is InChI=1S/C15H16FNO/c1-15(2,12-6-4-3-5-7-12)14(18)11-8-13(16)10-17-9-11/h3-10,14,18H,1-2H3. The quantitative estimate of drug-likeness (QED) is 0.900. The third kappa shape index (κ3) is 2.41. The van der Waals surface area contributed by atoms with Gasteiger partial charge in [-0.3, -0.25) is 4.98 Å². The van der Waals surface area contributed by atoms with Gasteiger partial charge in [-0.25, -0.2) is 4.39 Å². The normalized spacial score (nSPS) is 13.3. The maximum absolute atomic E-state index is 13.1. The summed E-state index contributed by atoms with van der Waals surface area (Å²) in [5.41, 5.74) is 0.988. The number of pyridine rings is 1. The maximum Gasteiger partial charge on any atom is 0.141 e. The fourth-order valence-electron chi connectivity index (χ4n) is 2.02. The van der Waals surface area contributed by atoms with Gasteiger partial charge >= 0.3 is 0 Å². The highest BCUT2D eigenvalue weighted by atomic mass is 19.1. The Hall–Kier alpha value is -1.74. The van der Waals surface area contributed by atoms with Crippen LogP contribution >= 0.6 is 0 Å². The van der Waals surface area contributed by atoms with Gasteiger partial charge in [-0.2, -0.15) is 0 Å². The molecule has 0 aliphatic rings. The topological polar surface area (TPSA) is 33.1 Å². The second-order valence-corrected chi connectivity index (χ2v) is 4.93. The van der Waals surface area contributed by atoms with Crippen molar-refractivity contribution in [3.8, 4) is 0 Å². The summed E-state index contributed by atoms with van der Waals surface area (Å²) in [7, 11) is 0. The minimum atomic E-state index is -0.803. The lowest BCUT2D eigenvalue weighted by atomic mass is 9.77. The van der Waals surface area contributed by atoms with E-state index in [1.54, 1.807) is 0 Å². The molecule has 3 heteroatoms. The van der Waals surface area contributed by atoms with Gasteiger partial charge in [0.2, 0.25) is 0 Å². The van der Waals surface area contributed by atoms with E-state index in [9.17, 15) is 9.50 Å². The van der Waals surface area contributed by atoms with E-state index in [2.05, 4.69) is 4.98 Å². The van der Waals surface area contributed by atoms with Crippen molar-refractivity contribution in [2.75, 3.05) is 0 Å². The molecule has 0 radical (unpaired) electrons. The molecule has 18 heavy (non-hydrogen) atoms. The second kappa shape index (κ2) is 4.86. The molecule has 2 nitrogen and oxygen atoms in total. The highest BCUT2D eigenvalue weighted by Gasteiger charge is 2.31. The average molecular weight is 245 g/mol. The van der Waals surface area contributed by atoms with Crippen LogP contribution in [0.5, 0.6) is 0 Å². The number of hydrogen-bond donors (Lipinski definition) is 1. The van der Waals surface area contributed by atoms with Gasteiger partial charge in [0, 0.05) is 17.2 Å². The zero-order valence-corrected chi connectivity index (χ0v) is 10.5. The summed E-state index contributed by atoms with van der Waals surface area (Å²) in [6.07, 6.45) is 1.83. The first kappa shape index (κ1) is 12.7. The van der Waals surface area contributed by atoms with Crippen LogP contribution in [0.1, 0.15) is 31.1 Å². The van der Waals surface area contributed by atoms with Crippen molar-refractivity contribution < 1.29 is 9.50 Å². The number of rotatable bonds is 3. The van der Waals surface area contributed by atoms with Crippen molar-refractivity contribution in [3.05, 3.63) is 65.7 Å². The summed E-state index contributed by atoms with van der Waals surface area (Å²) in [6.45, 7) is 3.86. The van der Waals surface area contributed by atoms with Crippen molar-refractivity contribution in [2.24, 2.45) is 0 Å². The third-order valence-electron chi connectivity index (χ3n) is 3.24. The van der Waals surface area contributed by atoms with Crippen molar-refractivity contribution in [1.29, 1.82) is 0 Å². The molecule has 0 aliphatic carbocycles. The fraction of sp³-hybridized carbons (Fsp3) is 0.267. The molecule has 94 valence electrons. The predicted octanol–water partition coefficient (Wildman–Crippen LogP) is 3.23. The van der Waals surface area contributed by atoms with Gasteiger partial charge in [-0.1, -0.05) is 44.2 Å². The van der Waals surface area contributed by atoms with Gasteiger partial charge in [-0.15, -0.1) is 0 Å². The number of aromatic nitrogens is 1. The van der Waals surface area contributed by atoms with E-state index in [1.165, 1.54) is 12.3 Å². The summed E-state index contributed by atoms with van der Waals surface area (Å²) < 4.78 is 13.1. The Bertz CT molecular complexity index is 525. The van der Waals surface area contributed by atoms with Crippen LogP contribution in [0.25, 0.3) is 0 Å². The van der Waals surface area contributed by atoms with Crippen LogP contribution in [-0.2, 0) is 5.41 Å². The van der Waals surface area contributed by atoms with Crippen molar-refractivity contribution in [1.82, 2.24) is 4.98 Å². The van der Waals surface area contributed by atoms with Gasteiger partial charge in [0.15, 0.2) is 0 Å². The lowest BCUT2D eigenvalue weighted by Crippen LogP contribution is -2.27. The van der Waals surface area contributed by atoms with Gasteiger partial charge < -0.3 is 5.11 Å². The molecule has 0 fully saturated rings. The maximum atomic E-state index is 13.1. The van der Waals surface area contributed by atoms with Crippen molar-refractivity contribution >= 4 is 0 Å². The molecule has 0 spiro atoms. The van der Waals surface area contributed by atoms with Gasteiger partial charge in [-0.05, 0) is 11.6 Å². The summed E-state index contributed by atoms with van der Waals surface area (Å²) in [4.78, 5) is 3.78. The zero-order chi connectivity index (χ0) is 13.2. The molecule has 1 aromatic heterocycles. The Morgan fingerprint density at radius 1 is 1.17 bits per heavy atom. The van der Waals surface area contributed by atoms with E-state index in [1.807, 2.05) is 44.2 Å². The second-order valence-electron chi connectivity index (χ2n) is 4.93. The first-order valence-electron chi connectivity index (χ1n) is 5.86. The van der Waals surface area contributed by atoms with Crippen molar-refractivity contribution in [3.63, 3.8) is 0 Å². The van der Waals surface area contributed by atoms with Gasteiger partial charge in [0.05, 0.1) is 12.3 Å². The highest BCUT2D eigenvalue weighted by Crippen LogP contribution is 2.36. The monoisotopic (exact) mass is 245 g/mol.